The molecule has 0 radical (unpaired) electrons. The van der Waals surface area contributed by atoms with E-state index in [-0.39, 0.29) is 0 Å². The lowest BCUT2D eigenvalue weighted by molar-refractivity contribution is 0.865. The number of hydrogen-bond acceptors (Lipinski definition) is 1. The second kappa shape index (κ2) is 4.66. The summed E-state index contributed by atoms with van der Waals surface area (Å²) < 4.78 is 1.19. The molecule has 0 N–H and O–H groups in total. The highest BCUT2D eigenvalue weighted by atomic mass is 79.9. The largest absolute Gasteiger partial charge is 0.372 e. The van der Waals surface area contributed by atoms with Crippen molar-refractivity contribution in [1.29, 1.82) is 0 Å². The van der Waals surface area contributed by atoms with Gasteiger partial charge in [-0.1, -0.05) is 22.0 Å². The third-order valence-corrected chi connectivity index (χ3v) is 3.14. The molecule has 0 bridgehead atoms. The van der Waals surface area contributed by atoms with Crippen LogP contribution in [0.5, 0.6) is 0 Å². The van der Waals surface area contributed by atoms with Crippen LogP contribution < -0.4 is 4.90 Å². The van der Waals surface area contributed by atoms with E-state index in [4.69, 9.17) is 0 Å². The zero-order chi connectivity index (χ0) is 9.84. The predicted molar refractivity (Wildman–Crippen MR) is 62.4 cm³/mol. The molecule has 0 saturated heterocycles. The summed E-state index contributed by atoms with van der Waals surface area (Å²) in [4.78, 5) is 2.34. The maximum Gasteiger partial charge on any atom is 0.0377 e. The van der Waals surface area contributed by atoms with E-state index in [0.717, 1.165) is 13.1 Å². The number of aryl methyl sites for hydroxylation is 1. The van der Waals surface area contributed by atoms with Gasteiger partial charge in [-0.3, -0.25) is 0 Å². The summed E-state index contributed by atoms with van der Waals surface area (Å²) >= 11 is 3.55. The minimum Gasteiger partial charge on any atom is -0.372 e. The fourth-order valence-electron chi connectivity index (χ4n) is 1.37. The number of anilines is 1. The Hall–Kier alpha value is -0.500. The van der Waals surface area contributed by atoms with Gasteiger partial charge < -0.3 is 4.90 Å². The normalized spacial score (nSPS) is 10.2. The summed E-state index contributed by atoms with van der Waals surface area (Å²) in [5.74, 6) is 0. The second-order valence-corrected chi connectivity index (χ2v) is 3.96. The summed E-state index contributed by atoms with van der Waals surface area (Å²) in [6.45, 7) is 8.59. The monoisotopic (exact) mass is 241 g/mol. The molecule has 1 aromatic carbocycles. The van der Waals surface area contributed by atoms with Crippen LogP contribution in [0.4, 0.5) is 5.69 Å². The van der Waals surface area contributed by atoms with Gasteiger partial charge in [-0.25, -0.2) is 0 Å². The van der Waals surface area contributed by atoms with Gasteiger partial charge in [0.2, 0.25) is 0 Å². The van der Waals surface area contributed by atoms with Crippen molar-refractivity contribution in [2.24, 2.45) is 0 Å². The van der Waals surface area contributed by atoms with Crippen LogP contribution in [-0.4, -0.2) is 13.1 Å². The lowest BCUT2D eigenvalue weighted by Crippen LogP contribution is -2.21. The van der Waals surface area contributed by atoms with E-state index in [1.807, 2.05) is 0 Å². The molecule has 0 aliphatic carbocycles. The van der Waals surface area contributed by atoms with Gasteiger partial charge in [0, 0.05) is 23.2 Å². The van der Waals surface area contributed by atoms with Crippen molar-refractivity contribution >= 4 is 21.6 Å². The first-order valence-corrected chi connectivity index (χ1v) is 5.49. The fourth-order valence-corrected chi connectivity index (χ4v) is 1.73. The quantitative estimate of drug-likeness (QED) is 0.782. The average Bonchev–Trinajstić information content (AvgIpc) is 2.13. The first-order valence-electron chi connectivity index (χ1n) is 4.70. The highest BCUT2D eigenvalue weighted by Crippen LogP contribution is 2.23. The molecule has 1 aromatic rings. The Kier molecular flexibility index (Phi) is 3.79. The van der Waals surface area contributed by atoms with Crippen LogP contribution in [0.1, 0.15) is 19.4 Å². The number of benzene rings is 1. The number of nitrogens with zero attached hydrogens (tertiary/aromatic N) is 1. The number of halogens is 1. The maximum atomic E-state index is 3.55. The molecule has 0 spiro atoms. The van der Waals surface area contributed by atoms with Crippen LogP contribution in [0.25, 0.3) is 0 Å². The Balaban J connectivity index is 2.95. The van der Waals surface area contributed by atoms with Crippen molar-refractivity contribution in [3.63, 3.8) is 0 Å². The molecule has 0 heterocycles. The highest BCUT2D eigenvalue weighted by Gasteiger charge is 2.02. The van der Waals surface area contributed by atoms with Crippen molar-refractivity contribution in [2.45, 2.75) is 20.8 Å². The molecule has 0 saturated carbocycles. The van der Waals surface area contributed by atoms with Gasteiger partial charge in [-0.15, -0.1) is 0 Å². The standard InChI is InChI=1S/C11H16BrN/c1-4-13(5-2)10-7-6-9(3)11(12)8-10/h6-8H,4-5H2,1-3H3. The topological polar surface area (TPSA) is 3.24 Å². The third-order valence-electron chi connectivity index (χ3n) is 2.28. The summed E-state index contributed by atoms with van der Waals surface area (Å²) in [6, 6.07) is 6.51. The van der Waals surface area contributed by atoms with Crippen LogP contribution in [-0.2, 0) is 0 Å². The highest BCUT2D eigenvalue weighted by molar-refractivity contribution is 9.10. The Morgan fingerprint density at radius 3 is 2.31 bits per heavy atom. The van der Waals surface area contributed by atoms with E-state index in [1.165, 1.54) is 15.7 Å². The molecule has 2 heteroatoms. The zero-order valence-electron chi connectivity index (χ0n) is 8.47. The van der Waals surface area contributed by atoms with Gasteiger partial charge in [0.05, 0.1) is 0 Å². The van der Waals surface area contributed by atoms with Crippen molar-refractivity contribution in [1.82, 2.24) is 0 Å². The smallest absolute Gasteiger partial charge is 0.0377 e. The molecule has 72 valence electrons. The van der Waals surface area contributed by atoms with Gasteiger partial charge >= 0.3 is 0 Å². The molecule has 0 fully saturated rings. The number of hydrogen-bond donors (Lipinski definition) is 0. The lowest BCUT2D eigenvalue weighted by atomic mass is 10.2. The van der Waals surface area contributed by atoms with E-state index in [2.05, 4.69) is 59.8 Å². The maximum absolute atomic E-state index is 3.55. The second-order valence-electron chi connectivity index (χ2n) is 3.11. The van der Waals surface area contributed by atoms with Gasteiger partial charge in [0.1, 0.15) is 0 Å². The first-order chi connectivity index (χ1) is 6.19. The van der Waals surface area contributed by atoms with Crippen molar-refractivity contribution in [3.8, 4) is 0 Å². The molecule has 0 unspecified atom stereocenters. The minimum absolute atomic E-state index is 1.06. The van der Waals surface area contributed by atoms with E-state index >= 15 is 0 Å². The van der Waals surface area contributed by atoms with E-state index in [0.29, 0.717) is 0 Å². The lowest BCUT2D eigenvalue weighted by Gasteiger charge is -2.21. The van der Waals surface area contributed by atoms with Crippen molar-refractivity contribution < 1.29 is 0 Å². The van der Waals surface area contributed by atoms with Gasteiger partial charge in [-0.2, -0.15) is 0 Å². The Morgan fingerprint density at radius 1 is 1.23 bits per heavy atom. The minimum atomic E-state index is 1.06. The molecule has 0 amide bonds. The summed E-state index contributed by atoms with van der Waals surface area (Å²) in [6.07, 6.45) is 0. The zero-order valence-corrected chi connectivity index (χ0v) is 10.1. The van der Waals surface area contributed by atoms with Crippen molar-refractivity contribution in [3.05, 3.63) is 28.2 Å². The summed E-state index contributed by atoms with van der Waals surface area (Å²) in [5.41, 5.74) is 2.58. The molecule has 0 aromatic heterocycles. The Labute approximate surface area is 88.9 Å². The number of rotatable bonds is 3. The molecule has 1 rings (SSSR count). The summed E-state index contributed by atoms with van der Waals surface area (Å²) in [7, 11) is 0. The van der Waals surface area contributed by atoms with Crippen molar-refractivity contribution in [2.75, 3.05) is 18.0 Å². The SMILES string of the molecule is CCN(CC)c1ccc(C)c(Br)c1. The van der Waals surface area contributed by atoms with Crippen LogP contribution in [0, 0.1) is 6.92 Å². The predicted octanol–water partition coefficient (Wildman–Crippen LogP) is 3.60. The molecular formula is C11H16BrN. The first kappa shape index (κ1) is 10.6. The third kappa shape index (κ3) is 2.47. The molecule has 1 nitrogen and oxygen atoms in total. The molecule has 0 aliphatic rings. The van der Waals surface area contributed by atoms with E-state index in [9.17, 15) is 0 Å². The average molecular weight is 242 g/mol. The van der Waals surface area contributed by atoms with Gasteiger partial charge in [0.25, 0.3) is 0 Å². The van der Waals surface area contributed by atoms with Gasteiger partial charge in [-0.05, 0) is 38.5 Å². The van der Waals surface area contributed by atoms with E-state index in [1.54, 1.807) is 0 Å². The Morgan fingerprint density at radius 2 is 1.85 bits per heavy atom. The van der Waals surface area contributed by atoms with Crippen LogP contribution in [0.2, 0.25) is 0 Å². The Bertz CT molecular complexity index is 279. The molecule has 0 atom stereocenters. The van der Waals surface area contributed by atoms with E-state index < -0.39 is 0 Å². The van der Waals surface area contributed by atoms with Crippen LogP contribution in [0.15, 0.2) is 22.7 Å². The molecule has 0 aliphatic heterocycles. The fraction of sp³-hybridized carbons (Fsp3) is 0.455. The van der Waals surface area contributed by atoms with Crippen LogP contribution in [0.3, 0.4) is 0 Å². The van der Waals surface area contributed by atoms with Gasteiger partial charge in [0.15, 0.2) is 0 Å². The molecule has 13 heavy (non-hydrogen) atoms. The summed E-state index contributed by atoms with van der Waals surface area (Å²) in [5, 5.41) is 0. The molecular weight excluding hydrogens is 226 g/mol. The van der Waals surface area contributed by atoms with Crippen LogP contribution >= 0.6 is 15.9 Å².